The molecule has 9 heteroatoms. The Kier molecular flexibility index (Phi) is 7.32. The van der Waals surface area contributed by atoms with Crippen LogP contribution in [0, 0.1) is 10.1 Å². The summed E-state index contributed by atoms with van der Waals surface area (Å²) in [5.41, 5.74) is 2.12. The van der Waals surface area contributed by atoms with Crippen LogP contribution in [-0.2, 0) is 17.8 Å². The fourth-order valence-electron chi connectivity index (χ4n) is 3.26. The van der Waals surface area contributed by atoms with Crippen LogP contribution in [0.3, 0.4) is 0 Å². The lowest BCUT2D eigenvalue weighted by Crippen LogP contribution is -2.27. The molecule has 1 aliphatic heterocycles. The largest absolute Gasteiger partial charge is 0.493 e. The molecule has 2 aromatic rings. The second-order valence-corrected chi connectivity index (χ2v) is 7.82. The molecule has 0 spiro atoms. The first-order valence-electron chi connectivity index (χ1n) is 9.81. The van der Waals surface area contributed by atoms with Crippen LogP contribution in [-0.4, -0.2) is 34.7 Å². The Hall–Kier alpha value is -3.59. The number of carbonyl (C=O) groups is 2. The molecule has 0 saturated carbocycles. The van der Waals surface area contributed by atoms with E-state index in [9.17, 15) is 19.7 Å². The Balaban J connectivity index is 1.87. The number of thioether (sulfide) groups is 1. The highest BCUT2D eigenvalue weighted by molar-refractivity contribution is 8.18. The normalized spacial score (nSPS) is 14.7. The molecule has 0 aromatic heterocycles. The van der Waals surface area contributed by atoms with Crippen molar-refractivity contribution < 1.29 is 24.0 Å². The quantitative estimate of drug-likeness (QED) is 0.228. The number of nitro groups is 1. The van der Waals surface area contributed by atoms with E-state index in [0.29, 0.717) is 35.7 Å². The first-order chi connectivity index (χ1) is 15.4. The average molecular weight is 455 g/mol. The van der Waals surface area contributed by atoms with Crippen LogP contribution in [0.2, 0.25) is 0 Å². The lowest BCUT2D eigenvalue weighted by molar-refractivity contribution is -0.384. The fourth-order valence-corrected chi connectivity index (χ4v) is 4.10. The van der Waals surface area contributed by atoms with Gasteiger partial charge in [-0.05, 0) is 54.4 Å². The highest BCUT2D eigenvalue weighted by Crippen LogP contribution is 2.37. The van der Waals surface area contributed by atoms with Gasteiger partial charge in [-0.25, -0.2) is 0 Å². The van der Waals surface area contributed by atoms with Crippen LogP contribution in [0.5, 0.6) is 11.5 Å². The average Bonchev–Trinajstić information content (AvgIpc) is 3.02. The van der Waals surface area contributed by atoms with Crippen LogP contribution in [0.15, 0.2) is 54.0 Å². The Morgan fingerprint density at radius 1 is 1.22 bits per heavy atom. The molecule has 0 aliphatic carbocycles. The summed E-state index contributed by atoms with van der Waals surface area (Å²) in [6.07, 6.45) is 3.94. The Bertz CT molecular complexity index is 1090. The van der Waals surface area contributed by atoms with E-state index in [0.717, 1.165) is 22.2 Å². The van der Waals surface area contributed by atoms with Gasteiger partial charge in [-0.15, -0.1) is 6.58 Å². The SMILES string of the molecule is C=CCc1cc(/C=C2/SC(=O)N(Cc3ccc([N+](=O)[O-])cc3)C2=O)cc(OCC)c1OC. The van der Waals surface area contributed by atoms with Gasteiger partial charge in [-0.3, -0.25) is 24.6 Å². The zero-order valence-corrected chi connectivity index (χ0v) is 18.5. The molecule has 1 saturated heterocycles. The first-order valence-corrected chi connectivity index (χ1v) is 10.6. The van der Waals surface area contributed by atoms with Crippen LogP contribution in [0.25, 0.3) is 6.08 Å². The third kappa shape index (κ3) is 5.00. The smallest absolute Gasteiger partial charge is 0.293 e. The number of carbonyl (C=O) groups excluding carboxylic acids is 2. The number of hydrogen-bond acceptors (Lipinski definition) is 7. The number of hydrogen-bond donors (Lipinski definition) is 0. The predicted molar refractivity (Wildman–Crippen MR) is 123 cm³/mol. The molecule has 166 valence electrons. The van der Waals surface area contributed by atoms with Crippen LogP contribution >= 0.6 is 11.8 Å². The lowest BCUT2D eigenvalue weighted by atomic mass is 10.0. The molecule has 2 amide bonds. The zero-order valence-electron chi connectivity index (χ0n) is 17.7. The predicted octanol–water partition coefficient (Wildman–Crippen LogP) is 4.97. The lowest BCUT2D eigenvalue weighted by Gasteiger charge is -2.14. The molecule has 1 fully saturated rings. The fraction of sp³-hybridized carbons (Fsp3) is 0.217. The Morgan fingerprint density at radius 3 is 2.53 bits per heavy atom. The zero-order chi connectivity index (χ0) is 23.3. The molecule has 0 radical (unpaired) electrons. The van der Waals surface area contributed by atoms with Crippen molar-refractivity contribution in [3.05, 3.63) is 80.8 Å². The summed E-state index contributed by atoms with van der Waals surface area (Å²) in [5.74, 6) is 0.735. The maximum atomic E-state index is 12.9. The Morgan fingerprint density at radius 2 is 1.94 bits per heavy atom. The molecular weight excluding hydrogens is 432 g/mol. The molecule has 0 bridgehead atoms. The number of nitro benzene ring substituents is 1. The van der Waals surface area contributed by atoms with Crippen molar-refractivity contribution in [3.8, 4) is 11.5 Å². The van der Waals surface area contributed by atoms with Gasteiger partial charge in [0.15, 0.2) is 11.5 Å². The number of nitrogens with zero attached hydrogens (tertiary/aromatic N) is 2. The molecule has 1 heterocycles. The summed E-state index contributed by atoms with van der Waals surface area (Å²) in [7, 11) is 1.56. The van der Waals surface area contributed by atoms with E-state index >= 15 is 0 Å². The number of amides is 2. The maximum absolute atomic E-state index is 12.9. The second-order valence-electron chi connectivity index (χ2n) is 6.83. The van der Waals surface area contributed by atoms with Crippen LogP contribution in [0.4, 0.5) is 10.5 Å². The minimum absolute atomic E-state index is 0.0362. The van der Waals surface area contributed by atoms with Crippen molar-refractivity contribution in [2.75, 3.05) is 13.7 Å². The summed E-state index contributed by atoms with van der Waals surface area (Å²) in [6, 6.07) is 9.39. The van der Waals surface area contributed by atoms with Crippen molar-refractivity contribution in [1.82, 2.24) is 4.90 Å². The van der Waals surface area contributed by atoms with Crippen molar-refractivity contribution in [2.45, 2.75) is 19.9 Å². The van der Waals surface area contributed by atoms with Crippen molar-refractivity contribution in [2.24, 2.45) is 0 Å². The molecule has 8 nitrogen and oxygen atoms in total. The maximum Gasteiger partial charge on any atom is 0.293 e. The molecule has 0 unspecified atom stereocenters. The molecular formula is C23H22N2O6S. The summed E-state index contributed by atoms with van der Waals surface area (Å²) in [4.78, 5) is 37.1. The summed E-state index contributed by atoms with van der Waals surface area (Å²) < 4.78 is 11.2. The third-order valence-electron chi connectivity index (χ3n) is 4.68. The second kappa shape index (κ2) is 10.1. The van der Waals surface area contributed by atoms with Gasteiger partial charge in [0.05, 0.1) is 30.1 Å². The van der Waals surface area contributed by atoms with Crippen LogP contribution in [0.1, 0.15) is 23.6 Å². The number of rotatable bonds is 9. The standard InChI is InChI=1S/C23H22N2O6S/c1-4-6-17-11-16(12-19(31-5-2)21(17)30-3)13-20-22(26)24(23(27)32-20)14-15-7-9-18(10-8-15)25(28)29/h4,7-13H,1,5-6,14H2,2-3H3/b20-13+. The van der Waals surface area contributed by atoms with E-state index < -0.39 is 16.1 Å². The van der Waals surface area contributed by atoms with E-state index in [1.165, 1.54) is 24.3 Å². The molecule has 2 aromatic carbocycles. The van der Waals surface area contributed by atoms with Gasteiger partial charge in [0.1, 0.15) is 0 Å². The first kappa shape index (κ1) is 23.1. The molecule has 32 heavy (non-hydrogen) atoms. The minimum Gasteiger partial charge on any atom is -0.493 e. The molecule has 0 atom stereocenters. The number of ether oxygens (including phenoxy) is 2. The van der Waals surface area contributed by atoms with Gasteiger partial charge in [0, 0.05) is 17.7 Å². The topological polar surface area (TPSA) is 99.0 Å². The number of methoxy groups -OCH3 is 1. The van der Waals surface area contributed by atoms with Crippen molar-refractivity contribution in [3.63, 3.8) is 0 Å². The van der Waals surface area contributed by atoms with Crippen molar-refractivity contribution in [1.29, 1.82) is 0 Å². The van der Waals surface area contributed by atoms with Gasteiger partial charge < -0.3 is 9.47 Å². The van der Waals surface area contributed by atoms with Gasteiger partial charge in [-0.1, -0.05) is 18.2 Å². The number of non-ortho nitro benzene ring substituents is 1. The van der Waals surface area contributed by atoms with E-state index in [-0.39, 0.29) is 17.1 Å². The number of imide groups is 1. The number of benzene rings is 2. The summed E-state index contributed by atoms with van der Waals surface area (Å²) >= 11 is 0.850. The highest BCUT2D eigenvalue weighted by atomic mass is 32.2. The molecule has 1 aliphatic rings. The van der Waals surface area contributed by atoms with Crippen molar-refractivity contribution >= 4 is 34.7 Å². The summed E-state index contributed by atoms with van der Waals surface area (Å²) in [5, 5.41) is 10.4. The van der Waals surface area contributed by atoms with Gasteiger partial charge in [0.25, 0.3) is 16.8 Å². The molecule has 3 rings (SSSR count). The van der Waals surface area contributed by atoms with Gasteiger partial charge >= 0.3 is 0 Å². The minimum atomic E-state index is -0.501. The van der Waals surface area contributed by atoms with E-state index in [1.807, 2.05) is 13.0 Å². The van der Waals surface area contributed by atoms with Crippen LogP contribution < -0.4 is 9.47 Å². The highest BCUT2D eigenvalue weighted by Gasteiger charge is 2.35. The van der Waals surface area contributed by atoms with Gasteiger partial charge in [-0.2, -0.15) is 0 Å². The third-order valence-corrected chi connectivity index (χ3v) is 5.59. The number of allylic oxidation sites excluding steroid dienone is 1. The van der Waals surface area contributed by atoms with E-state index in [4.69, 9.17) is 9.47 Å². The molecule has 0 N–H and O–H groups in total. The monoisotopic (exact) mass is 454 g/mol. The van der Waals surface area contributed by atoms with E-state index in [2.05, 4.69) is 6.58 Å². The summed E-state index contributed by atoms with van der Waals surface area (Å²) in [6.45, 7) is 6.11. The van der Waals surface area contributed by atoms with E-state index in [1.54, 1.807) is 25.3 Å². The van der Waals surface area contributed by atoms with Gasteiger partial charge in [0.2, 0.25) is 0 Å². The Labute approximate surface area is 189 Å².